The third kappa shape index (κ3) is 6.77. The first kappa shape index (κ1) is 19.7. The van der Waals surface area contributed by atoms with E-state index in [9.17, 15) is 9.59 Å². The van der Waals surface area contributed by atoms with E-state index in [0.717, 1.165) is 4.90 Å². The fourth-order valence-corrected chi connectivity index (χ4v) is 2.38. The van der Waals surface area contributed by atoms with Crippen LogP contribution in [0.3, 0.4) is 0 Å². The zero-order chi connectivity index (χ0) is 17.8. The fraction of sp³-hybridized carbons (Fsp3) is 0.500. The van der Waals surface area contributed by atoms with Crippen LogP contribution in [0.4, 0.5) is 5.69 Å². The van der Waals surface area contributed by atoms with Crippen LogP contribution >= 0.6 is 23.2 Å². The van der Waals surface area contributed by atoms with Crippen LogP contribution in [0, 0.1) is 0 Å². The van der Waals surface area contributed by atoms with Crippen LogP contribution in [0.1, 0.15) is 27.7 Å². The van der Waals surface area contributed by atoms with E-state index in [1.165, 1.54) is 0 Å². The summed E-state index contributed by atoms with van der Waals surface area (Å²) in [4.78, 5) is 25.0. The molecule has 1 unspecified atom stereocenters. The molecule has 3 N–H and O–H groups in total. The largest absolute Gasteiger partial charge is 0.347 e. The number of likely N-dealkylation sites (N-methyl/N-ethyl adjacent to an activating group) is 1. The van der Waals surface area contributed by atoms with Crippen LogP contribution in [-0.4, -0.2) is 37.0 Å². The minimum atomic E-state index is -0.410. The molecular weight excluding hydrogens is 337 g/mol. The van der Waals surface area contributed by atoms with Crippen molar-refractivity contribution < 1.29 is 14.5 Å². The summed E-state index contributed by atoms with van der Waals surface area (Å²) in [5, 5.41) is 6.52. The Kier molecular flexibility index (Phi) is 6.86. The molecular formula is C16H24Cl2N3O2+. The van der Waals surface area contributed by atoms with Crippen molar-refractivity contribution in [2.75, 3.05) is 18.9 Å². The number of quaternary nitrogens is 1. The van der Waals surface area contributed by atoms with Gasteiger partial charge in [-0.25, -0.2) is 0 Å². The van der Waals surface area contributed by atoms with E-state index in [1.54, 1.807) is 32.2 Å². The van der Waals surface area contributed by atoms with Gasteiger partial charge in [0.2, 0.25) is 0 Å². The van der Waals surface area contributed by atoms with Gasteiger partial charge in [-0.3, -0.25) is 9.59 Å². The summed E-state index contributed by atoms with van der Waals surface area (Å²) in [6.07, 6.45) is 0. The van der Waals surface area contributed by atoms with Gasteiger partial charge in [0.25, 0.3) is 11.8 Å². The zero-order valence-electron chi connectivity index (χ0n) is 14.1. The number of nitrogens with one attached hydrogen (secondary N) is 3. The second-order valence-corrected chi connectivity index (χ2v) is 7.50. The summed E-state index contributed by atoms with van der Waals surface area (Å²) in [6.45, 7) is 7.72. The first-order chi connectivity index (χ1) is 10.5. The molecule has 0 saturated carbocycles. The Morgan fingerprint density at radius 3 is 2.39 bits per heavy atom. The molecule has 5 nitrogen and oxygen atoms in total. The van der Waals surface area contributed by atoms with Gasteiger partial charge < -0.3 is 15.5 Å². The highest BCUT2D eigenvalue weighted by atomic mass is 35.5. The number of carbonyl (C=O) groups excluding carboxylic acids is 2. The standard InChI is InChI=1S/C16H23Cl2N3O2/c1-10(21(5)9-14(22)20-16(2,3)4)15(23)19-13-7-6-11(17)8-12(13)18/h6-8,10H,9H2,1-5H3,(H,19,23)(H,20,22)/p+1/t10-/m1/s1. The number of amides is 2. The first-order valence-electron chi connectivity index (χ1n) is 7.39. The molecule has 1 rings (SSSR count). The number of hydrogen-bond acceptors (Lipinski definition) is 2. The average molecular weight is 361 g/mol. The molecule has 0 aromatic heterocycles. The highest BCUT2D eigenvalue weighted by Gasteiger charge is 2.25. The monoisotopic (exact) mass is 360 g/mol. The van der Waals surface area contributed by atoms with Crippen LogP contribution in [0.25, 0.3) is 0 Å². The topological polar surface area (TPSA) is 62.6 Å². The number of anilines is 1. The summed E-state index contributed by atoms with van der Waals surface area (Å²) in [5.41, 5.74) is 0.208. The molecule has 0 aliphatic carbocycles. The Balaban J connectivity index is 2.63. The van der Waals surface area contributed by atoms with Crippen LogP contribution in [0.2, 0.25) is 10.0 Å². The highest BCUT2D eigenvalue weighted by molar-refractivity contribution is 6.36. The van der Waals surface area contributed by atoms with E-state index in [-0.39, 0.29) is 23.9 Å². The Bertz CT molecular complexity index is 585. The minimum absolute atomic E-state index is 0.0980. The Labute approximate surface area is 147 Å². The SMILES string of the molecule is C[C@H](C(=O)Nc1ccc(Cl)cc1Cl)[NH+](C)CC(=O)NC(C)(C)C. The molecule has 0 aliphatic heterocycles. The number of hydrogen-bond donors (Lipinski definition) is 3. The maximum absolute atomic E-state index is 12.3. The van der Waals surface area contributed by atoms with Crippen molar-refractivity contribution in [2.45, 2.75) is 39.3 Å². The minimum Gasteiger partial charge on any atom is -0.347 e. The van der Waals surface area contributed by atoms with Gasteiger partial charge in [0.15, 0.2) is 12.6 Å². The molecule has 1 aromatic carbocycles. The lowest BCUT2D eigenvalue weighted by atomic mass is 10.1. The molecule has 2 amide bonds. The van der Waals surface area contributed by atoms with Gasteiger partial charge in [-0.1, -0.05) is 23.2 Å². The predicted molar refractivity (Wildman–Crippen MR) is 94.2 cm³/mol. The van der Waals surface area contributed by atoms with Crippen LogP contribution in [-0.2, 0) is 9.59 Å². The lowest BCUT2D eigenvalue weighted by Gasteiger charge is -2.24. The maximum atomic E-state index is 12.3. The second-order valence-electron chi connectivity index (χ2n) is 6.66. The Morgan fingerprint density at radius 2 is 1.87 bits per heavy atom. The zero-order valence-corrected chi connectivity index (χ0v) is 15.6. The summed E-state index contributed by atoms with van der Waals surface area (Å²) in [6, 6.07) is 4.46. The van der Waals surface area contributed by atoms with Crippen molar-refractivity contribution in [1.82, 2.24) is 5.32 Å². The van der Waals surface area contributed by atoms with Crippen molar-refractivity contribution in [3.05, 3.63) is 28.2 Å². The number of halogens is 2. The van der Waals surface area contributed by atoms with E-state index < -0.39 is 6.04 Å². The van der Waals surface area contributed by atoms with Crippen molar-refractivity contribution in [1.29, 1.82) is 0 Å². The Hall–Kier alpha value is -1.30. The predicted octanol–water partition coefficient (Wildman–Crippen LogP) is 1.75. The normalized spacial score (nSPS) is 14.0. The van der Waals surface area contributed by atoms with Gasteiger partial charge in [-0.05, 0) is 45.9 Å². The summed E-state index contributed by atoms with van der Waals surface area (Å²) in [7, 11) is 1.80. The fourth-order valence-electron chi connectivity index (χ4n) is 1.92. The highest BCUT2D eigenvalue weighted by Crippen LogP contribution is 2.25. The van der Waals surface area contributed by atoms with Gasteiger partial charge in [0.1, 0.15) is 0 Å². The smallest absolute Gasteiger partial charge is 0.282 e. The van der Waals surface area contributed by atoms with Crippen molar-refractivity contribution in [2.24, 2.45) is 0 Å². The van der Waals surface area contributed by atoms with Crippen LogP contribution in [0.5, 0.6) is 0 Å². The number of rotatable bonds is 5. The van der Waals surface area contributed by atoms with Crippen molar-refractivity contribution in [3.8, 4) is 0 Å². The molecule has 2 atom stereocenters. The molecule has 1 aromatic rings. The van der Waals surface area contributed by atoms with E-state index in [0.29, 0.717) is 15.7 Å². The third-order valence-electron chi connectivity index (χ3n) is 3.28. The lowest BCUT2D eigenvalue weighted by Crippen LogP contribution is -3.15. The average Bonchev–Trinajstić information content (AvgIpc) is 2.38. The van der Waals surface area contributed by atoms with Crippen LogP contribution in [0.15, 0.2) is 18.2 Å². The lowest BCUT2D eigenvalue weighted by molar-refractivity contribution is -0.885. The second kappa shape index (κ2) is 7.99. The van der Waals surface area contributed by atoms with E-state index in [4.69, 9.17) is 23.2 Å². The maximum Gasteiger partial charge on any atom is 0.282 e. The van der Waals surface area contributed by atoms with Gasteiger partial charge in [-0.2, -0.15) is 0 Å². The van der Waals surface area contributed by atoms with Crippen LogP contribution < -0.4 is 15.5 Å². The first-order valence-corrected chi connectivity index (χ1v) is 8.14. The number of benzene rings is 1. The van der Waals surface area contributed by atoms with Gasteiger partial charge in [0, 0.05) is 10.6 Å². The van der Waals surface area contributed by atoms with E-state index >= 15 is 0 Å². The van der Waals surface area contributed by atoms with Gasteiger partial charge in [-0.15, -0.1) is 0 Å². The van der Waals surface area contributed by atoms with Crippen molar-refractivity contribution in [3.63, 3.8) is 0 Å². The quantitative estimate of drug-likeness (QED) is 0.748. The summed E-state index contributed by atoms with van der Waals surface area (Å²) < 4.78 is 0. The molecule has 0 radical (unpaired) electrons. The van der Waals surface area contributed by atoms with E-state index in [1.807, 2.05) is 20.8 Å². The molecule has 0 spiro atoms. The molecule has 0 fully saturated rings. The molecule has 128 valence electrons. The molecule has 23 heavy (non-hydrogen) atoms. The number of carbonyl (C=O) groups is 2. The van der Waals surface area contributed by atoms with E-state index in [2.05, 4.69) is 10.6 Å². The molecule has 0 heterocycles. The molecule has 0 saturated heterocycles. The van der Waals surface area contributed by atoms with Gasteiger partial charge >= 0.3 is 0 Å². The summed E-state index contributed by atoms with van der Waals surface area (Å²) in [5.74, 6) is -0.311. The van der Waals surface area contributed by atoms with Gasteiger partial charge in [0.05, 0.1) is 17.8 Å². The third-order valence-corrected chi connectivity index (χ3v) is 3.82. The summed E-state index contributed by atoms with van der Waals surface area (Å²) >= 11 is 11.9. The molecule has 7 heteroatoms. The molecule has 0 aliphatic rings. The van der Waals surface area contributed by atoms with Crippen molar-refractivity contribution >= 4 is 40.7 Å². The molecule has 0 bridgehead atoms. The Morgan fingerprint density at radius 1 is 1.26 bits per heavy atom.